The molecule has 1 saturated heterocycles. The minimum atomic E-state index is -0.572. The summed E-state index contributed by atoms with van der Waals surface area (Å²) in [6.07, 6.45) is 0. The van der Waals surface area contributed by atoms with E-state index in [1.165, 1.54) is 11.0 Å². The molecule has 1 fully saturated rings. The molecule has 2 rings (SSSR count). The van der Waals surface area contributed by atoms with Gasteiger partial charge in [0.25, 0.3) is 5.69 Å². The van der Waals surface area contributed by atoms with Crippen molar-refractivity contribution in [3.8, 4) is 0 Å². The molecule has 0 radical (unpaired) electrons. The quantitative estimate of drug-likeness (QED) is 0.602. The number of primary amides is 1. The number of carbonyl (C=O) groups is 2. The molecule has 2 N–H and O–H groups in total. The van der Waals surface area contributed by atoms with E-state index < -0.39 is 10.8 Å². The van der Waals surface area contributed by atoms with Crippen LogP contribution in [-0.2, 0) is 9.59 Å². The number of hydrogen-bond donors (Lipinski definition) is 1. The Hall–Kier alpha value is -2.64. The molecule has 0 bridgehead atoms. The van der Waals surface area contributed by atoms with Crippen molar-refractivity contribution in [1.29, 1.82) is 0 Å². The van der Waals surface area contributed by atoms with Crippen LogP contribution in [0.15, 0.2) is 24.3 Å². The molecule has 1 aromatic carbocycles. The lowest BCUT2D eigenvalue weighted by Crippen LogP contribution is -2.52. The first-order valence-electron chi connectivity index (χ1n) is 6.03. The second-order valence-electron chi connectivity index (χ2n) is 4.45. The van der Waals surface area contributed by atoms with E-state index >= 15 is 0 Å². The van der Waals surface area contributed by atoms with E-state index in [1.54, 1.807) is 23.1 Å². The summed E-state index contributed by atoms with van der Waals surface area (Å²) in [4.78, 5) is 36.2. The highest BCUT2D eigenvalue weighted by Gasteiger charge is 2.28. The molecule has 0 unspecified atom stereocenters. The summed E-state index contributed by atoms with van der Waals surface area (Å²) < 4.78 is 0. The zero-order chi connectivity index (χ0) is 14.7. The molecule has 106 valence electrons. The van der Waals surface area contributed by atoms with Crippen LogP contribution in [0.25, 0.3) is 0 Å². The van der Waals surface area contributed by atoms with Gasteiger partial charge in [0.05, 0.1) is 18.0 Å². The molecule has 0 saturated carbocycles. The normalized spacial score (nSPS) is 15.3. The molecule has 1 aliphatic heterocycles. The van der Waals surface area contributed by atoms with Gasteiger partial charge in [-0.2, -0.15) is 0 Å². The third kappa shape index (κ3) is 2.85. The zero-order valence-corrected chi connectivity index (χ0v) is 10.7. The molecule has 20 heavy (non-hydrogen) atoms. The average molecular weight is 278 g/mol. The molecular weight excluding hydrogens is 264 g/mol. The van der Waals surface area contributed by atoms with Gasteiger partial charge in [-0.1, -0.05) is 12.1 Å². The topological polar surface area (TPSA) is 110 Å². The van der Waals surface area contributed by atoms with Gasteiger partial charge in [-0.05, 0) is 6.07 Å². The van der Waals surface area contributed by atoms with Crippen molar-refractivity contribution in [2.75, 3.05) is 31.1 Å². The summed E-state index contributed by atoms with van der Waals surface area (Å²) in [7, 11) is 0. The predicted octanol–water partition coefficient (Wildman–Crippen LogP) is -0.271. The van der Waals surface area contributed by atoms with Crippen molar-refractivity contribution < 1.29 is 14.5 Å². The Morgan fingerprint density at radius 1 is 1.35 bits per heavy atom. The van der Waals surface area contributed by atoms with Crippen LogP contribution in [0.5, 0.6) is 0 Å². The van der Waals surface area contributed by atoms with Crippen LogP contribution >= 0.6 is 0 Å². The maximum atomic E-state index is 11.9. The Morgan fingerprint density at radius 3 is 2.65 bits per heavy atom. The van der Waals surface area contributed by atoms with Crippen molar-refractivity contribution in [1.82, 2.24) is 4.90 Å². The Balaban J connectivity index is 2.16. The maximum absolute atomic E-state index is 11.9. The molecule has 8 heteroatoms. The first-order chi connectivity index (χ1) is 9.49. The summed E-state index contributed by atoms with van der Waals surface area (Å²) in [5.74, 6) is -0.842. The van der Waals surface area contributed by atoms with Gasteiger partial charge in [-0.15, -0.1) is 0 Å². The fraction of sp³-hybridized carbons (Fsp3) is 0.333. The standard InChI is InChI=1S/C12H14N4O4/c13-11(17)7-15-6-5-14(8-12(15)18)9-3-1-2-4-10(9)16(19)20/h1-4H,5-8H2,(H2,13,17). The number of benzene rings is 1. The smallest absolute Gasteiger partial charge is 0.292 e. The fourth-order valence-corrected chi connectivity index (χ4v) is 2.16. The van der Waals surface area contributed by atoms with Gasteiger partial charge < -0.3 is 15.5 Å². The maximum Gasteiger partial charge on any atom is 0.292 e. The molecule has 1 aliphatic rings. The van der Waals surface area contributed by atoms with Crippen LogP contribution < -0.4 is 10.6 Å². The van der Waals surface area contributed by atoms with Crippen LogP contribution in [0.3, 0.4) is 0 Å². The highest BCUT2D eigenvalue weighted by atomic mass is 16.6. The molecule has 0 spiro atoms. The third-order valence-corrected chi connectivity index (χ3v) is 3.08. The number of nitro benzene ring substituents is 1. The fourth-order valence-electron chi connectivity index (χ4n) is 2.16. The van der Waals surface area contributed by atoms with Crippen LogP contribution in [0.1, 0.15) is 0 Å². The van der Waals surface area contributed by atoms with E-state index in [-0.39, 0.29) is 24.7 Å². The average Bonchev–Trinajstić information content (AvgIpc) is 2.40. The minimum absolute atomic E-state index is 0.00185. The van der Waals surface area contributed by atoms with Crippen molar-refractivity contribution in [2.24, 2.45) is 5.73 Å². The van der Waals surface area contributed by atoms with Crippen molar-refractivity contribution in [3.05, 3.63) is 34.4 Å². The summed E-state index contributed by atoms with van der Waals surface area (Å²) >= 11 is 0. The largest absolute Gasteiger partial charge is 0.368 e. The SMILES string of the molecule is NC(=O)CN1CCN(c2ccccc2[N+](=O)[O-])CC1=O. The number of rotatable bonds is 4. The minimum Gasteiger partial charge on any atom is -0.368 e. The van der Waals surface area contributed by atoms with Crippen LogP contribution in [-0.4, -0.2) is 47.8 Å². The van der Waals surface area contributed by atoms with Gasteiger partial charge in [0, 0.05) is 19.2 Å². The number of hydrogen-bond acceptors (Lipinski definition) is 5. The van der Waals surface area contributed by atoms with Gasteiger partial charge in [0.15, 0.2) is 0 Å². The van der Waals surface area contributed by atoms with Crippen molar-refractivity contribution in [2.45, 2.75) is 0 Å². The van der Waals surface area contributed by atoms with Gasteiger partial charge in [-0.25, -0.2) is 0 Å². The van der Waals surface area contributed by atoms with Crippen molar-refractivity contribution in [3.63, 3.8) is 0 Å². The van der Waals surface area contributed by atoms with Crippen LogP contribution in [0.4, 0.5) is 11.4 Å². The van der Waals surface area contributed by atoms with E-state index in [0.717, 1.165) is 0 Å². The number of anilines is 1. The van der Waals surface area contributed by atoms with Crippen molar-refractivity contribution >= 4 is 23.2 Å². The number of piperazine rings is 1. The first-order valence-corrected chi connectivity index (χ1v) is 6.03. The second kappa shape index (κ2) is 5.55. The molecule has 0 aliphatic carbocycles. The number of nitro groups is 1. The molecule has 0 aromatic heterocycles. The van der Waals surface area contributed by atoms with Gasteiger partial charge >= 0.3 is 0 Å². The Labute approximate surface area is 114 Å². The summed E-state index contributed by atoms with van der Waals surface area (Å²) in [5, 5.41) is 11.0. The van der Waals surface area contributed by atoms with Gasteiger partial charge in [0.2, 0.25) is 11.8 Å². The lowest BCUT2D eigenvalue weighted by Gasteiger charge is -2.34. The molecular formula is C12H14N4O4. The number of amides is 2. The zero-order valence-electron chi connectivity index (χ0n) is 10.7. The summed E-state index contributed by atoms with van der Waals surface area (Å²) in [6.45, 7) is 0.611. The van der Waals surface area contributed by atoms with Crippen LogP contribution in [0, 0.1) is 10.1 Å². The van der Waals surface area contributed by atoms with Crippen LogP contribution in [0.2, 0.25) is 0 Å². The number of nitrogens with zero attached hydrogens (tertiary/aromatic N) is 3. The number of para-hydroxylation sites is 2. The molecule has 2 amide bonds. The van der Waals surface area contributed by atoms with E-state index in [0.29, 0.717) is 18.8 Å². The number of carbonyl (C=O) groups excluding carboxylic acids is 2. The van der Waals surface area contributed by atoms with Gasteiger partial charge in [-0.3, -0.25) is 19.7 Å². The summed E-state index contributed by atoms with van der Waals surface area (Å²) in [6, 6.07) is 6.26. The lowest BCUT2D eigenvalue weighted by atomic mass is 10.2. The lowest BCUT2D eigenvalue weighted by molar-refractivity contribution is -0.384. The van der Waals surface area contributed by atoms with E-state index in [2.05, 4.69) is 0 Å². The van der Waals surface area contributed by atoms with Gasteiger partial charge in [0.1, 0.15) is 5.69 Å². The third-order valence-electron chi connectivity index (χ3n) is 3.08. The molecule has 0 atom stereocenters. The molecule has 1 heterocycles. The molecule has 1 aromatic rings. The monoisotopic (exact) mass is 278 g/mol. The summed E-state index contributed by atoms with van der Waals surface area (Å²) in [5.41, 5.74) is 5.43. The number of nitrogens with two attached hydrogens (primary N) is 1. The molecule has 8 nitrogen and oxygen atoms in total. The Bertz CT molecular complexity index is 560. The van der Waals surface area contributed by atoms with E-state index in [1.807, 2.05) is 0 Å². The Kier molecular flexibility index (Phi) is 3.83. The first kappa shape index (κ1) is 13.8. The highest BCUT2D eigenvalue weighted by Crippen LogP contribution is 2.28. The highest BCUT2D eigenvalue weighted by molar-refractivity contribution is 5.88. The Morgan fingerprint density at radius 2 is 2.05 bits per heavy atom. The van der Waals surface area contributed by atoms with E-state index in [4.69, 9.17) is 5.73 Å². The second-order valence-corrected chi connectivity index (χ2v) is 4.45. The van der Waals surface area contributed by atoms with E-state index in [9.17, 15) is 19.7 Å². The predicted molar refractivity (Wildman–Crippen MR) is 71.1 cm³/mol.